The van der Waals surface area contributed by atoms with Gasteiger partial charge in [0, 0.05) is 28.4 Å². The fourth-order valence-corrected chi connectivity index (χ4v) is 3.93. The van der Waals surface area contributed by atoms with Gasteiger partial charge in [-0.1, -0.05) is 41.4 Å². The molecule has 0 aliphatic carbocycles. The quantitative estimate of drug-likeness (QED) is 0.542. The molecule has 0 atom stereocenters. The van der Waals surface area contributed by atoms with Crippen molar-refractivity contribution in [3.05, 3.63) is 69.3 Å². The molecule has 0 spiro atoms. The van der Waals surface area contributed by atoms with Crippen LogP contribution in [0.2, 0.25) is 10.0 Å². The molecule has 0 fully saturated rings. The fourth-order valence-electron chi connectivity index (χ4n) is 2.51. The number of para-hydroxylation sites is 1. The van der Waals surface area contributed by atoms with Crippen molar-refractivity contribution in [2.45, 2.75) is 13.0 Å². The van der Waals surface area contributed by atoms with Crippen LogP contribution in [0.4, 0.5) is 0 Å². The average molecular weight is 393 g/mol. The van der Waals surface area contributed by atoms with Crippen LogP contribution in [0.15, 0.2) is 48.7 Å². The third-order valence-corrected chi connectivity index (χ3v) is 5.41. The van der Waals surface area contributed by atoms with E-state index in [0.29, 0.717) is 10.0 Å². The summed E-state index contributed by atoms with van der Waals surface area (Å²) in [4.78, 5) is 5.61. The minimum atomic E-state index is 0.661. The van der Waals surface area contributed by atoms with E-state index in [1.54, 1.807) is 24.5 Å². The first-order valence-electron chi connectivity index (χ1n) is 7.90. The predicted molar refractivity (Wildman–Crippen MR) is 106 cm³/mol. The topological polar surface area (TPSA) is 34.1 Å². The zero-order valence-corrected chi connectivity index (χ0v) is 16.1. The molecule has 0 aliphatic heterocycles. The molecule has 130 valence electrons. The van der Waals surface area contributed by atoms with E-state index in [4.69, 9.17) is 27.9 Å². The Morgan fingerprint density at radius 3 is 2.80 bits per heavy atom. The largest absolute Gasteiger partial charge is 0.496 e. The second kappa shape index (κ2) is 8.68. The molecule has 0 saturated carbocycles. The van der Waals surface area contributed by atoms with Crippen molar-refractivity contribution in [1.29, 1.82) is 0 Å². The van der Waals surface area contributed by atoms with Crippen LogP contribution in [0.25, 0.3) is 10.4 Å². The molecule has 0 bridgehead atoms. The zero-order chi connectivity index (χ0) is 17.6. The Hall–Kier alpha value is -1.59. The highest BCUT2D eigenvalue weighted by Gasteiger charge is 2.09. The molecule has 0 saturated heterocycles. The van der Waals surface area contributed by atoms with Crippen molar-refractivity contribution in [3.8, 4) is 16.2 Å². The molecular weight excluding hydrogens is 375 g/mol. The zero-order valence-electron chi connectivity index (χ0n) is 13.8. The SMILES string of the molecule is COc1ccccc1-c1cnc(CNCCc2ccc(Cl)cc2Cl)s1. The van der Waals surface area contributed by atoms with E-state index >= 15 is 0 Å². The Labute approximate surface area is 161 Å². The number of benzene rings is 2. The molecule has 25 heavy (non-hydrogen) atoms. The van der Waals surface area contributed by atoms with Crippen LogP contribution in [-0.4, -0.2) is 18.6 Å². The molecule has 0 amide bonds. The van der Waals surface area contributed by atoms with Gasteiger partial charge in [-0.25, -0.2) is 4.98 Å². The summed E-state index contributed by atoms with van der Waals surface area (Å²) in [5.41, 5.74) is 2.16. The van der Waals surface area contributed by atoms with Gasteiger partial charge >= 0.3 is 0 Å². The standard InChI is InChI=1S/C19H18Cl2N2OS/c1-24-17-5-3-2-4-15(17)18-11-23-19(25-18)12-22-9-8-13-6-7-14(20)10-16(13)21/h2-7,10-11,22H,8-9,12H2,1H3. The summed E-state index contributed by atoms with van der Waals surface area (Å²) < 4.78 is 5.42. The number of rotatable bonds is 7. The first kappa shape index (κ1) is 18.2. The number of hydrogen-bond acceptors (Lipinski definition) is 4. The molecule has 0 radical (unpaired) electrons. The third kappa shape index (κ3) is 4.73. The molecule has 3 aromatic rings. The molecule has 1 aromatic heterocycles. The van der Waals surface area contributed by atoms with Crippen LogP contribution in [-0.2, 0) is 13.0 Å². The van der Waals surface area contributed by atoms with Gasteiger partial charge in [0.25, 0.3) is 0 Å². The van der Waals surface area contributed by atoms with Gasteiger partial charge in [0.1, 0.15) is 10.8 Å². The van der Waals surface area contributed by atoms with Crippen LogP contribution >= 0.6 is 34.5 Å². The van der Waals surface area contributed by atoms with Crippen LogP contribution in [0, 0.1) is 0 Å². The average Bonchev–Trinajstić information content (AvgIpc) is 3.09. The van der Waals surface area contributed by atoms with Gasteiger partial charge in [0.05, 0.1) is 12.0 Å². The molecule has 3 nitrogen and oxygen atoms in total. The van der Waals surface area contributed by atoms with E-state index in [9.17, 15) is 0 Å². The highest BCUT2D eigenvalue weighted by atomic mass is 35.5. The van der Waals surface area contributed by atoms with Crippen molar-refractivity contribution >= 4 is 34.5 Å². The van der Waals surface area contributed by atoms with Gasteiger partial charge in [0.15, 0.2) is 0 Å². The Morgan fingerprint density at radius 1 is 1.16 bits per heavy atom. The second-order valence-electron chi connectivity index (χ2n) is 5.48. The van der Waals surface area contributed by atoms with Crippen LogP contribution in [0.1, 0.15) is 10.6 Å². The number of hydrogen-bond donors (Lipinski definition) is 1. The molecule has 3 rings (SSSR count). The predicted octanol–water partition coefficient (Wildman–Crippen LogP) is 5.46. The van der Waals surface area contributed by atoms with Crippen molar-refractivity contribution in [3.63, 3.8) is 0 Å². The fraction of sp³-hybridized carbons (Fsp3) is 0.211. The summed E-state index contributed by atoms with van der Waals surface area (Å²) in [7, 11) is 1.68. The molecular formula is C19H18Cl2N2OS. The van der Waals surface area contributed by atoms with Crippen LogP contribution < -0.4 is 10.1 Å². The maximum absolute atomic E-state index is 6.19. The van der Waals surface area contributed by atoms with Gasteiger partial charge in [-0.2, -0.15) is 0 Å². The number of nitrogens with zero attached hydrogens (tertiary/aromatic N) is 1. The van der Waals surface area contributed by atoms with E-state index < -0.39 is 0 Å². The molecule has 2 aromatic carbocycles. The van der Waals surface area contributed by atoms with Crippen molar-refractivity contribution in [2.75, 3.05) is 13.7 Å². The Bertz CT molecular complexity index is 851. The Kier molecular flexibility index (Phi) is 6.32. The van der Waals surface area contributed by atoms with Crippen molar-refractivity contribution in [2.24, 2.45) is 0 Å². The lowest BCUT2D eigenvalue weighted by Gasteiger charge is -2.06. The number of methoxy groups -OCH3 is 1. The molecule has 6 heteroatoms. The smallest absolute Gasteiger partial charge is 0.127 e. The molecule has 1 heterocycles. The van der Waals surface area contributed by atoms with Gasteiger partial charge in [-0.3, -0.25) is 0 Å². The molecule has 0 aliphatic rings. The minimum Gasteiger partial charge on any atom is -0.496 e. The lowest BCUT2D eigenvalue weighted by atomic mass is 10.1. The Balaban J connectivity index is 1.55. The van der Waals surface area contributed by atoms with Gasteiger partial charge in [0.2, 0.25) is 0 Å². The van der Waals surface area contributed by atoms with Crippen molar-refractivity contribution in [1.82, 2.24) is 10.3 Å². The van der Waals surface area contributed by atoms with E-state index in [0.717, 1.165) is 46.3 Å². The Morgan fingerprint density at radius 2 is 2.00 bits per heavy atom. The van der Waals surface area contributed by atoms with Crippen LogP contribution in [0.3, 0.4) is 0 Å². The number of aromatic nitrogens is 1. The highest BCUT2D eigenvalue weighted by molar-refractivity contribution is 7.15. The lowest BCUT2D eigenvalue weighted by Crippen LogP contribution is -2.16. The monoisotopic (exact) mass is 392 g/mol. The first-order chi connectivity index (χ1) is 12.2. The number of ether oxygens (including phenoxy) is 1. The number of thiazole rings is 1. The van der Waals surface area contributed by atoms with Crippen molar-refractivity contribution < 1.29 is 4.74 Å². The maximum atomic E-state index is 6.19. The third-order valence-electron chi connectivity index (χ3n) is 3.79. The van der Waals surface area contributed by atoms with E-state index in [-0.39, 0.29) is 0 Å². The van der Waals surface area contributed by atoms with Gasteiger partial charge in [-0.05, 0) is 42.8 Å². The normalized spacial score (nSPS) is 10.8. The summed E-state index contributed by atoms with van der Waals surface area (Å²) in [6.45, 7) is 1.55. The van der Waals surface area contributed by atoms with E-state index in [1.165, 1.54) is 0 Å². The van der Waals surface area contributed by atoms with E-state index in [2.05, 4.69) is 10.3 Å². The summed E-state index contributed by atoms with van der Waals surface area (Å²) in [6, 6.07) is 13.6. The second-order valence-corrected chi connectivity index (χ2v) is 7.44. The summed E-state index contributed by atoms with van der Waals surface area (Å²) >= 11 is 13.8. The number of nitrogens with one attached hydrogen (secondary N) is 1. The first-order valence-corrected chi connectivity index (χ1v) is 9.47. The summed E-state index contributed by atoms with van der Waals surface area (Å²) in [5.74, 6) is 0.864. The van der Waals surface area contributed by atoms with Gasteiger partial charge in [-0.15, -0.1) is 11.3 Å². The molecule has 0 unspecified atom stereocenters. The summed E-state index contributed by atoms with van der Waals surface area (Å²) in [6.07, 6.45) is 2.75. The maximum Gasteiger partial charge on any atom is 0.127 e. The minimum absolute atomic E-state index is 0.661. The van der Waals surface area contributed by atoms with Gasteiger partial charge < -0.3 is 10.1 Å². The highest BCUT2D eigenvalue weighted by Crippen LogP contribution is 2.33. The number of halogens is 2. The summed E-state index contributed by atoms with van der Waals surface area (Å²) in [5, 5.41) is 5.83. The lowest BCUT2D eigenvalue weighted by molar-refractivity contribution is 0.416. The van der Waals surface area contributed by atoms with Crippen LogP contribution in [0.5, 0.6) is 5.75 Å². The van der Waals surface area contributed by atoms with E-state index in [1.807, 2.05) is 42.6 Å². The molecule has 1 N–H and O–H groups in total.